The Labute approximate surface area is 234 Å². The first-order chi connectivity index (χ1) is 18.8. The number of unbranched alkanes of at least 4 members (excludes halogenated alkanes) is 3. The van der Waals surface area contributed by atoms with E-state index in [-0.39, 0.29) is 7.92 Å². The maximum absolute atomic E-state index is 2.32. The number of hydrogen-bond acceptors (Lipinski definition) is 0. The zero-order valence-corrected chi connectivity index (χ0v) is 25.0. The molecule has 0 aliphatic rings. The van der Waals surface area contributed by atoms with Gasteiger partial charge in [0.05, 0.1) is 18.5 Å². The monoisotopic (exact) mass is 522 g/mol. The van der Waals surface area contributed by atoms with Crippen molar-refractivity contribution < 1.29 is 0 Å². The minimum Gasteiger partial charge on any atom is -0.195 e. The SMILES string of the molecule is CCCC[PH+](CCCC)CCCC.c1ccc([B-](c2ccccc2)(c2ccccc2)c2ccccc2)cc1. The summed E-state index contributed by atoms with van der Waals surface area (Å²) >= 11 is 0. The van der Waals surface area contributed by atoms with Crippen molar-refractivity contribution in [2.75, 3.05) is 18.5 Å². The molecule has 0 amide bonds. The predicted molar refractivity (Wildman–Crippen MR) is 178 cm³/mol. The Hall–Kier alpha value is -2.63. The molecule has 0 aliphatic carbocycles. The molecule has 200 valence electrons. The molecule has 0 nitrogen and oxygen atoms in total. The Kier molecular flexibility index (Phi) is 13.4. The summed E-state index contributed by atoms with van der Waals surface area (Å²) in [6.07, 6.45) is 12.2. The van der Waals surface area contributed by atoms with Gasteiger partial charge in [-0.15, -0.1) is 0 Å². The molecule has 0 fully saturated rings. The normalized spacial score (nSPS) is 11.2. The summed E-state index contributed by atoms with van der Waals surface area (Å²) in [5, 5.41) is 0. The maximum atomic E-state index is 2.32. The van der Waals surface area contributed by atoms with Crippen LogP contribution in [0.2, 0.25) is 0 Å². The van der Waals surface area contributed by atoms with Crippen molar-refractivity contribution in [1.29, 1.82) is 0 Å². The summed E-state index contributed by atoms with van der Waals surface area (Å²) < 4.78 is 0. The van der Waals surface area contributed by atoms with Crippen LogP contribution >= 0.6 is 7.92 Å². The molecule has 38 heavy (non-hydrogen) atoms. The lowest BCUT2D eigenvalue weighted by atomic mass is 9.13. The second-order valence-corrected chi connectivity index (χ2v) is 13.6. The quantitative estimate of drug-likeness (QED) is 0.125. The van der Waals surface area contributed by atoms with Crippen molar-refractivity contribution in [3.05, 3.63) is 121 Å². The molecule has 4 aromatic carbocycles. The van der Waals surface area contributed by atoms with Crippen molar-refractivity contribution >= 4 is 35.9 Å². The van der Waals surface area contributed by atoms with Crippen LogP contribution in [-0.4, -0.2) is 24.6 Å². The van der Waals surface area contributed by atoms with Crippen LogP contribution in [0.25, 0.3) is 0 Å². The third-order valence-electron chi connectivity index (χ3n) is 7.85. The van der Waals surface area contributed by atoms with Crippen LogP contribution in [0.3, 0.4) is 0 Å². The second kappa shape index (κ2) is 17.1. The van der Waals surface area contributed by atoms with E-state index in [0.717, 1.165) is 0 Å². The molecule has 0 radical (unpaired) electrons. The summed E-state index contributed by atoms with van der Waals surface area (Å²) in [4.78, 5) is 0. The van der Waals surface area contributed by atoms with Crippen LogP contribution in [0.1, 0.15) is 59.3 Å². The number of hydrogen-bond donors (Lipinski definition) is 0. The van der Waals surface area contributed by atoms with Gasteiger partial charge < -0.3 is 0 Å². The topological polar surface area (TPSA) is 0 Å². The van der Waals surface area contributed by atoms with Crippen LogP contribution in [0.15, 0.2) is 121 Å². The first kappa shape index (κ1) is 29.9. The second-order valence-electron chi connectivity index (χ2n) is 10.6. The molecule has 4 rings (SSSR count). The molecule has 0 bridgehead atoms. The number of rotatable bonds is 13. The van der Waals surface area contributed by atoms with E-state index in [1.54, 1.807) is 18.5 Å². The first-order valence-corrected chi connectivity index (χ1v) is 17.1. The van der Waals surface area contributed by atoms with Gasteiger partial charge in [-0.1, -0.05) is 161 Å². The van der Waals surface area contributed by atoms with Gasteiger partial charge in [0.1, 0.15) is 6.15 Å². The van der Waals surface area contributed by atoms with Crippen molar-refractivity contribution in [3.8, 4) is 0 Å². The highest BCUT2D eigenvalue weighted by atomic mass is 31.1. The van der Waals surface area contributed by atoms with Crippen LogP contribution in [-0.2, 0) is 0 Å². The Morgan fingerprint density at radius 2 is 0.632 bits per heavy atom. The molecule has 0 aliphatic heterocycles. The fraction of sp³-hybridized carbons (Fsp3) is 0.333. The van der Waals surface area contributed by atoms with E-state index in [1.165, 1.54) is 60.4 Å². The fourth-order valence-electron chi connectivity index (χ4n) is 5.78. The molecule has 0 spiro atoms. The van der Waals surface area contributed by atoms with Crippen molar-refractivity contribution in [2.24, 2.45) is 0 Å². The lowest BCUT2D eigenvalue weighted by Gasteiger charge is -2.44. The smallest absolute Gasteiger partial charge is 0.108 e. The first-order valence-electron chi connectivity index (χ1n) is 15.0. The van der Waals surface area contributed by atoms with Crippen LogP contribution in [0.5, 0.6) is 0 Å². The summed E-state index contributed by atoms with van der Waals surface area (Å²) in [5.41, 5.74) is 5.36. The van der Waals surface area contributed by atoms with Gasteiger partial charge in [-0.2, -0.15) is 21.9 Å². The van der Waals surface area contributed by atoms with Crippen LogP contribution in [0.4, 0.5) is 0 Å². The van der Waals surface area contributed by atoms with Gasteiger partial charge in [0.25, 0.3) is 0 Å². The molecule has 0 heterocycles. The third kappa shape index (κ3) is 8.18. The summed E-state index contributed by atoms with van der Waals surface area (Å²) in [5.74, 6) is 0. The Morgan fingerprint density at radius 1 is 0.395 bits per heavy atom. The molecule has 0 saturated carbocycles. The van der Waals surface area contributed by atoms with Gasteiger partial charge in [-0.05, 0) is 19.3 Å². The lowest BCUT2D eigenvalue weighted by molar-refractivity contribution is 0.847. The zero-order chi connectivity index (χ0) is 26.9. The predicted octanol–water partition coefficient (Wildman–Crippen LogP) is 7.66. The van der Waals surface area contributed by atoms with E-state index in [4.69, 9.17) is 0 Å². The molecular weight excluding hydrogens is 474 g/mol. The van der Waals surface area contributed by atoms with E-state index in [1.807, 2.05) is 0 Å². The lowest BCUT2D eigenvalue weighted by Crippen LogP contribution is -2.74. The van der Waals surface area contributed by atoms with Gasteiger partial charge in [0.15, 0.2) is 0 Å². The molecule has 4 aromatic rings. The fourth-order valence-corrected chi connectivity index (χ4v) is 9.09. The van der Waals surface area contributed by atoms with Gasteiger partial charge in [-0.25, -0.2) is 0 Å². The number of benzene rings is 4. The minimum atomic E-state index is -1.22. The van der Waals surface area contributed by atoms with E-state index >= 15 is 0 Å². The summed E-state index contributed by atoms with van der Waals surface area (Å²) in [7, 11) is 0.0675. The van der Waals surface area contributed by atoms with Crippen molar-refractivity contribution in [3.63, 3.8) is 0 Å². The molecule has 0 unspecified atom stereocenters. The Balaban J connectivity index is 0.000000263. The maximum Gasteiger partial charge on any atom is 0.108 e. The van der Waals surface area contributed by atoms with Gasteiger partial charge in [0, 0.05) is 7.92 Å². The highest BCUT2D eigenvalue weighted by molar-refractivity contribution is 7.57. The Morgan fingerprint density at radius 3 is 0.842 bits per heavy atom. The zero-order valence-electron chi connectivity index (χ0n) is 24.0. The van der Waals surface area contributed by atoms with Gasteiger partial charge in [0.2, 0.25) is 0 Å². The molecular formula is C36H48BP. The van der Waals surface area contributed by atoms with Crippen molar-refractivity contribution in [1.82, 2.24) is 0 Å². The average Bonchev–Trinajstić information content (AvgIpc) is 3.00. The van der Waals surface area contributed by atoms with Crippen LogP contribution in [0, 0.1) is 0 Å². The molecule has 2 heteroatoms. The summed E-state index contributed by atoms with van der Waals surface area (Å²) in [6.45, 7) is 6.96. The summed E-state index contributed by atoms with van der Waals surface area (Å²) in [6, 6.07) is 43.5. The molecule has 0 saturated heterocycles. The van der Waals surface area contributed by atoms with E-state index in [2.05, 4.69) is 142 Å². The minimum absolute atomic E-state index is 0.0675. The van der Waals surface area contributed by atoms with E-state index in [9.17, 15) is 0 Å². The van der Waals surface area contributed by atoms with Gasteiger partial charge in [-0.3, -0.25) is 0 Å². The highest BCUT2D eigenvalue weighted by Gasteiger charge is 2.31. The largest absolute Gasteiger partial charge is 0.195 e. The van der Waals surface area contributed by atoms with E-state index < -0.39 is 6.15 Å². The molecule has 0 aromatic heterocycles. The van der Waals surface area contributed by atoms with Crippen LogP contribution < -0.4 is 21.9 Å². The van der Waals surface area contributed by atoms with E-state index in [0.29, 0.717) is 0 Å². The molecule has 0 N–H and O–H groups in total. The van der Waals surface area contributed by atoms with Crippen molar-refractivity contribution in [2.45, 2.75) is 59.3 Å². The Bertz CT molecular complexity index is 931. The van der Waals surface area contributed by atoms with Gasteiger partial charge >= 0.3 is 0 Å². The average molecular weight is 523 g/mol. The third-order valence-corrected chi connectivity index (χ3v) is 11.0. The molecule has 0 atom stereocenters. The highest BCUT2D eigenvalue weighted by Crippen LogP contribution is 2.38. The standard InChI is InChI=1S/C24H20B.C12H27P/c1-5-13-21(14-6-1)25(22-15-7-2-8-16-22,23-17-9-3-10-18-23)24-19-11-4-12-20-24;1-4-7-10-13(11-8-5-2)12-9-6-3/h1-20H;4-12H2,1-3H3/q-1;/p+1.